The average Bonchev–Trinajstić information content (AvgIpc) is 3.18. The Bertz CT molecular complexity index is 1210. The highest BCUT2D eigenvalue weighted by Crippen LogP contribution is 2.35. The normalized spacial score (nSPS) is 17.6. The fourth-order valence-corrected chi connectivity index (χ4v) is 4.90. The topological polar surface area (TPSA) is 97.4 Å². The third-order valence-corrected chi connectivity index (χ3v) is 7.08. The molecule has 2 aromatic carbocycles. The molecule has 1 N–H and O–H groups in total. The molecule has 202 valence electrons. The first-order chi connectivity index (χ1) is 18.4. The highest BCUT2D eigenvalue weighted by molar-refractivity contribution is 8.18. The lowest BCUT2D eigenvalue weighted by Gasteiger charge is -2.30. The second-order valence-corrected chi connectivity index (χ2v) is 9.90. The summed E-state index contributed by atoms with van der Waals surface area (Å²) in [6.07, 6.45) is 2.52. The van der Waals surface area contributed by atoms with E-state index in [1.807, 2.05) is 45.0 Å². The Kier molecular flexibility index (Phi) is 9.30. The third kappa shape index (κ3) is 6.68. The van der Waals surface area contributed by atoms with E-state index in [0.29, 0.717) is 42.6 Å². The van der Waals surface area contributed by atoms with Crippen LogP contribution in [0.2, 0.25) is 0 Å². The van der Waals surface area contributed by atoms with Gasteiger partial charge in [-0.1, -0.05) is 25.1 Å². The van der Waals surface area contributed by atoms with Crippen LogP contribution in [0.15, 0.2) is 47.4 Å². The molecule has 0 spiro atoms. The second kappa shape index (κ2) is 12.8. The van der Waals surface area contributed by atoms with Crippen molar-refractivity contribution in [3.63, 3.8) is 0 Å². The largest absolute Gasteiger partial charge is 0.490 e. The van der Waals surface area contributed by atoms with Gasteiger partial charge in [0.05, 0.1) is 42.2 Å². The maximum Gasteiger partial charge on any atom is 0.294 e. The van der Waals surface area contributed by atoms with Gasteiger partial charge < -0.3 is 24.4 Å². The molecule has 0 bridgehead atoms. The van der Waals surface area contributed by atoms with E-state index in [4.69, 9.17) is 14.2 Å². The van der Waals surface area contributed by atoms with Gasteiger partial charge in [0.15, 0.2) is 11.5 Å². The summed E-state index contributed by atoms with van der Waals surface area (Å²) in [4.78, 5) is 41.9. The Hall–Kier alpha value is -3.50. The molecule has 2 fully saturated rings. The van der Waals surface area contributed by atoms with Crippen molar-refractivity contribution in [1.82, 2.24) is 4.90 Å². The number of para-hydroxylation sites is 2. The lowest BCUT2D eigenvalue weighted by Crippen LogP contribution is -2.38. The zero-order valence-corrected chi connectivity index (χ0v) is 22.7. The van der Waals surface area contributed by atoms with Crippen LogP contribution in [-0.2, 0) is 14.3 Å². The van der Waals surface area contributed by atoms with Crippen molar-refractivity contribution in [2.75, 3.05) is 49.7 Å². The molecule has 3 amide bonds. The second-order valence-electron chi connectivity index (χ2n) is 8.91. The van der Waals surface area contributed by atoms with E-state index < -0.39 is 17.1 Å². The van der Waals surface area contributed by atoms with Crippen molar-refractivity contribution in [1.29, 1.82) is 0 Å². The number of imide groups is 1. The molecule has 10 heteroatoms. The standard InChI is InChI=1S/C28H33N3O6S/c1-4-19(3)37-23-11-10-20(16-24(23)36-5-2)17-25-27(33)31(28(34)38-25)18-26(32)29-21-8-6-7-9-22(21)30-12-14-35-15-13-30/h6-11,16-17,19H,4-5,12-15,18H2,1-3H3,(H,29,32)/b25-17+/t19-/m1/s1. The number of anilines is 2. The van der Waals surface area contributed by atoms with Crippen LogP contribution in [0.1, 0.15) is 32.8 Å². The Morgan fingerprint density at radius 3 is 2.63 bits per heavy atom. The van der Waals surface area contributed by atoms with E-state index >= 15 is 0 Å². The molecule has 4 rings (SSSR count). The number of carbonyl (C=O) groups is 3. The number of rotatable bonds is 10. The van der Waals surface area contributed by atoms with Gasteiger partial charge in [0.1, 0.15) is 6.54 Å². The van der Waals surface area contributed by atoms with Gasteiger partial charge in [0.2, 0.25) is 5.91 Å². The van der Waals surface area contributed by atoms with Gasteiger partial charge in [-0.25, -0.2) is 0 Å². The monoisotopic (exact) mass is 539 g/mol. The Morgan fingerprint density at radius 1 is 1.13 bits per heavy atom. The van der Waals surface area contributed by atoms with Crippen molar-refractivity contribution in [3.05, 3.63) is 52.9 Å². The number of hydrogen-bond donors (Lipinski definition) is 1. The predicted octanol–water partition coefficient (Wildman–Crippen LogP) is 4.77. The summed E-state index contributed by atoms with van der Waals surface area (Å²) in [7, 11) is 0. The molecule has 2 aliphatic rings. The van der Waals surface area contributed by atoms with Gasteiger partial charge in [-0.05, 0) is 67.9 Å². The Balaban J connectivity index is 1.45. The van der Waals surface area contributed by atoms with Gasteiger partial charge >= 0.3 is 0 Å². The fraction of sp³-hybridized carbons (Fsp3) is 0.393. The summed E-state index contributed by atoms with van der Waals surface area (Å²) in [5, 5.41) is 2.38. The van der Waals surface area contributed by atoms with E-state index in [1.165, 1.54) is 0 Å². The van der Waals surface area contributed by atoms with Crippen LogP contribution in [0.25, 0.3) is 6.08 Å². The summed E-state index contributed by atoms with van der Waals surface area (Å²) in [6.45, 7) is 8.67. The number of amides is 3. The predicted molar refractivity (Wildman–Crippen MR) is 149 cm³/mol. The van der Waals surface area contributed by atoms with E-state index in [1.54, 1.807) is 24.3 Å². The quantitative estimate of drug-likeness (QED) is 0.431. The van der Waals surface area contributed by atoms with E-state index in [2.05, 4.69) is 10.2 Å². The van der Waals surface area contributed by atoms with Gasteiger partial charge in [-0.15, -0.1) is 0 Å². The number of nitrogens with one attached hydrogen (secondary N) is 1. The Labute approximate surface area is 227 Å². The first-order valence-electron chi connectivity index (χ1n) is 12.8. The summed E-state index contributed by atoms with van der Waals surface area (Å²) < 4.78 is 17.1. The van der Waals surface area contributed by atoms with Gasteiger partial charge in [-0.3, -0.25) is 19.3 Å². The van der Waals surface area contributed by atoms with Crippen LogP contribution < -0.4 is 19.7 Å². The van der Waals surface area contributed by atoms with Crippen LogP contribution in [0.5, 0.6) is 11.5 Å². The molecule has 0 aliphatic carbocycles. The molecular weight excluding hydrogens is 506 g/mol. The zero-order valence-electron chi connectivity index (χ0n) is 21.9. The van der Waals surface area contributed by atoms with Crippen LogP contribution in [-0.4, -0.2) is 67.5 Å². The summed E-state index contributed by atoms with van der Waals surface area (Å²) >= 11 is 0.813. The summed E-state index contributed by atoms with van der Waals surface area (Å²) in [6, 6.07) is 12.9. The van der Waals surface area contributed by atoms with E-state index in [-0.39, 0.29) is 17.6 Å². The average molecular weight is 540 g/mol. The third-order valence-electron chi connectivity index (χ3n) is 6.17. The highest BCUT2D eigenvalue weighted by atomic mass is 32.2. The fourth-order valence-electron chi connectivity index (χ4n) is 4.06. The van der Waals surface area contributed by atoms with Crippen molar-refractivity contribution in [2.24, 2.45) is 0 Å². The molecule has 2 saturated heterocycles. The maximum absolute atomic E-state index is 13.0. The number of morpholine rings is 1. The minimum atomic E-state index is -0.505. The van der Waals surface area contributed by atoms with Crippen LogP contribution >= 0.6 is 11.8 Å². The van der Waals surface area contributed by atoms with Crippen molar-refractivity contribution >= 4 is 46.3 Å². The number of hydrogen-bond acceptors (Lipinski definition) is 8. The van der Waals surface area contributed by atoms with Crippen LogP contribution in [0.3, 0.4) is 0 Å². The minimum absolute atomic E-state index is 0.0311. The molecule has 2 aliphatic heterocycles. The lowest BCUT2D eigenvalue weighted by atomic mass is 10.1. The maximum atomic E-state index is 13.0. The van der Waals surface area contributed by atoms with Crippen molar-refractivity contribution in [3.8, 4) is 11.5 Å². The van der Waals surface area contributed by atoms with Gasteiger partial charge in [-0.2, -0.15) is 0 Å². The van der Waals surface area contributed by atoms with Crippen LogP contribution in [0.4, 0.5) is 16.2 Å². The molecule has 0 unspecified atom stereocenters. The molecule has 0 aromatic heterocycles. The SMILES string of the molecule is CCOc1cc(/C=C2/SC(=O)N(CC(=O)Nc3ccccc3N3CCOCC3)C2=O)ccc1O[C@H](C)CC. The molecule has 1 atom stereocenters. The molecule has 0 radical (unpaired) electrons. The number of benzene rings is 2. The van der Waals surface area contributed by atoms with Crippen molar-refractivity contribution < 1.29 is 28.6 Å². The smallest absolute Gasteiger partial charge is 0.294 e. The summed E-state index contributed by atoms with van der Waals surface area (Å²) in [5.74, 6) is 0.244. The molecule has 9 nitrogen and oxygen atoms in total. The van der Waals surface area contributed by atoms with Crippen LogP contribution in [0, 0.1) is 0 Å². The lowest BCUT2D eigenvalue weighted by molar-refractivity contribution is -0.127. The van der Waals surface area contributed by atoms with Crippen molar-refractivity contribution in [2.45, 2.75) is 33.3 Å². The molecular formula is C28H33N3O6S. The number of nitrogens with zero attached hydrogens (tertiary/aromatic N) is 2. The molecule has 38 heavy (non-hydrogen) atoms. The first kappa shape index (κ1) is 27.5. The molecule has 2 heterocycles. The van der Waals surface area contributed by atoms with Gasteiger partial charge in [0, 0.05) is 13.1 Å². The highest BCUT2D eigenvalue weighted by Gasteiger charge is 2.36. The van der Waals surface area contributed by atoms with E-state index in [9.17, 15) is 14.4 Å². The minimum Gasteiger partial charge on any atom is -0.490 e. The summed E-state index contributed by atoms with van der Waals surface area (Å²) in [5.41, 5.74) is 2.20. The molecule has 2 aromatic rings. The first-order valence-corrected chi connectivity index (χ1v) is 13.6. The number of ether oxygens (including phenoxy) is 3. The molecule has 0 saturated carbocycles. The number of thioether (sulfide) groups is 1. The number of carbonyl (C=O) groups excluding carboxylic acids is 3. The van der Waals surface area contributed by atoms with Gasteiger partial charge in [0.25, 0.3) is 11.1 Å². The zero-order chi connectivity index (χ0) is 27.1. The van der Waals surface area contributed by atoms with E-state index in [0.717, 1.165) is 41.9 Å². The Morgan fingerprint density at radius 2 is 1.89 bits per heavy atom.